The topological polar surface area (TPSA) is 118 Å². The first-order valence-corrected chi connectivity index (χ1v) is 9.39. The molecule has 1 aromatic heterocycles. The molecule has 0 aliphatic heterocycles. The van der Waals surface area contributed by atoms with Gasteiger partial charge in [0.25, 0.3) is 0 Å². The number of likely N-dealkylation sites (N-methyl/N-ethyl adjacent to an activating group) is 1. The molecule has 2 N–H and O–H groups in total. The van der Waals surface area contributed by atoms with Gasteiger partial charge in [-0.2, -0.15) is 4.31 Å². The van der Waals surface area contributed by atoms with Gasteiger partial charge in [-0.3, -0.25) is 9.59 Å². The largest absolute Gasteiger partial charge is 0.495 e. The molecule has 0 radical (unpaired) electrons. The Morgan fingerprint density at radius 3 is 2.59 bits per heavy atom. The first-order valence-electron chi connectivity index (χ1n) is 7.95. The van der Waals surface area contributed by atoms with Crippen LogP contribution in [-0.4, -0.2) is 45.2 Å². The lowest BCUT2D eigenvalue weighted by Crippen LogP contribution is -2.38. The van der Waals surface area contributed by atoms with Crippen molar-refractivity contribution >= 4 is 27.5 Å². The van der Waals surface area contributed by atoms with Crippen LogP contribution in [0.5, 0.6) is 5.75 Å². The van der Waals surface area contributed by atoms with Crippen LogP contribution in [0.15, 0.2) is 45.9 Å². The molecular weight excluding hydrogens is 374 g/mol. The smallest absolute Gasteiger partial charge is 0.243 e. The van der Waals surface area contributed by atoms with Gasteiger partial charge in [0.2, 0.25) is 21.8 Å². The third-order valence-electron chi connectivity index (χ3n) is 3.60. The highest BCUT2D eigenvalue weighted by atomic mass is 32.2. The monoisotopic (exact) mass is 395 g/mol. The molecule has 0 saturated carbocycles. The number of nitrogens with one attached hydrogen (secondary N) is 2. The Morgan fingerprint density at radius 2 is 2.00 bits per heavy atom. The van der Waals surface area contributed by atoms with Gasteiger partial charge >= 0.3 is 0 Å². The molecule has 2 amide bonds. The predicted molar refractivity (Wildman–Crippen MR) is 97.7 cm³/mol. The number of benzene rings is 1. The van der Waals surface area contributed by atoms with Crippen molar-refractivity contribution in [2.75, 3.05) is 26.0 Å². The van der Waals surface area contributed by atoms with Crippen molar-refractivity contribution in [3.8, 4) is 5.75 Å². The summed E-state index contributed by atoms with van der Waals surface area (Å²) in [4.78, 5) is 23.2. The average Bonchev–Trinajstić information content (AvgIpc) is 3.12. The second-order valence-corrected chi connectivity index (χ2v) is 7.71. The van der Waals surface area contributed by atoms with E-state index in [0.29, 0.717) is 11.5 Å². The van der Waals surface area contributed by atoms with Crippen molar-refractivity contribution in [2.24, 2.45) is 0 Å². The van der Waals surface area contributed by atoms with E-state index in [0.717, 1.165) is 4.31 Å². The number of furan rings is 1. The highest BCUT2D eigenvalue weighted by Gasteiger charge is 2.24. The zero-order valence-corrected chi connectivity index (χ0v) is 16.0. The Balaban J connectivity index is 2.11. The van der Waals surface area contributed by atoms with Crippen molar-refractivity contribution in [3.63, 3.8) is 0 Å². The fraction of sp³-hybridized carbons (Fsp3) is 0.294. The molecule has 0 bridgehead atoms. The zero-order valence-electron chi connectivity index (χ0n) is 15.2. The van der Waals surface area contributed by atoms with E-state index >= 15 is 0 Å². The van der Waals surface area contributed by atoms with E-state index in [2.05, 4.69) is 10.6 Å². The van der Waals surface area contributed by atoms with Crippen LogP contribution >= 0.6 is 0 Å². The van der Waals surface area contributed by atoms with Gasteiger partial charge in [-0.25, -0.2) is 8.42 Å². The quantitative estimate of drug-likeness (QED) is 0.693. The molecule has 27 heavy (non-hydrogen) atoms. The van der Waals surface area contributed by atoms with Crippen LogP contribution < -0.4 is 15.4 Å². The van der Waals surface area contributed by atoms with E-state index in [9.17, 15) is 18.0 Å². The van der Waals surface area contributed by atoms with Crippen LogP contribution in [-0.2, 0) is 26.2 Å². The maximum Gasteiger partial charge on any atom is 0.243 e. The number of rotatable bonds is 8. The van der Waals surface area contributed by atoms with Crippen LogP contribution in [0.25, 0.3) is 0 Å². The van der Waals surface area contributed by atoms with Crippen LogP contribution in [0.3, 0.4) is 0 Å². The Bertz CT molecular complexity index is 909. The molecule has 0 aliphatic carbocycles. The standard InChI is InChI=1S/C17H21N3O6S/c1-12(21)19-15-9-14(6-7-16(15)25-3)27(23,24)20(2)11-17(22)18-10-13-5-4-8-26-13/h4-9H,10-11H2,1-3H3,(H,18,22)(H,19,21). The van der Waals surface area contributed by atoms with Crippen LogP contribution in [0.4, 0.5) is 5.69 Å². The van der Waals surface area contributed by atoms with Crippen molar-refractivity contribution in [1.82, 2.24) is 9.62 Å². The molecule has 2 aromatic rings. The van der Waals surface area contributed by atoms with Crippen molar-refractivity contribution in [2.45, 2.75) is 18.4 Å². The van der Waals surface area contributed by atoms with Gasteiger partial charge in [-0.1, -0.05) is 0 Å². The van der Waals surface area contributed by atoms with E-state index in [-0.39, 0.29) is 29.6 Å². The number of nitrogens with zero attached hydrogens (tertiary/aromatic N) is 1. The average molecular weight is 395 g/mol. The van der Waals surface area contributed by atoms with Crippen molar-refractivity contribution in [3.05, 3.63) is 42.4 Å². The molecule has 1 aromatic carbocycles. The Hall–Kier alpha value is -2.85. The highest BCUT2D eigenvalue weighted by molar-refractivity contribution is 7.89. The second-order valence-electron chi connectivity index (χ2n) is 5.66. The lowest BCUT2D eigenvalue weighted by molar-refractivity contribution is -0.121. The SMILES string of the molecule is COc1ccc(S(=O)(=O)N(C)CC(=O)NCc2ccco2)cc1NC(C)=O. The fourth-order valence-corrected chi connectivity index (χ4v) is 3.41. The van der Waals surface area contributed by atoms with E-state index in [1.165, 1.54) is 45.5 Å². The summed E-state index contributed by atoms with van der Waals surface area (Å²) >= 11 is 0. The fourth-order valence-electron chi connectivity index (χ4n) is 2.26. The van der Waals surface area contributed by atoms with Crippen LogP contribution in [0, 0.1) is 0 Å². The van der Waals surface area contributed by atoms with Crippen LogP contribution in [0.2, 0.25) is 0 Å². The first kappa shape index (κ1) is 20.5. The minimum atomic E-state index is -3.95. The van der Waals surface area contributed by atoms with E-state index in [1.807, 2.05) is 0 Å². The van der Waals surface area contributed by atoms with Gasteiger partial charge in [0, 0.05) is 14.0 Å². The zero-order chi connectivity index (χ0) is 20.0. The van der Waals surface area contributed by atoms with Gasteiger partial charge in [0.05, 0.1) is 37.0 Å². The maximum atomic E-state index is 12.7. The minimum absolute atomic E-state index is 0.0756. The summed E-state index contributed by atoms with van der Waals surface area (Å²) in [7, 11) is -1.24. The number of carbonyl (C=O) groups excluding carboxylic acids is 2. The van der Waals surface area contributed by atoms with E-state index < -0.39 is 15.9 Å². The third kappa shape index (κ3) is 5.31. The Morgan fingerprint density at radius 1 is 1.26 bits per heavy atom. The Labute approximate surface area is 157 Å². The molecular formula is C17H21N3O6S. The number of sulfonamides is 1. The normalized spacial score (nSPS) is 11.3. The number of methoxy groups -OCH3 is 1. The molecule has 0 saturated heterocycles. The summed E-state index contributed by atoms with van der Waals surface area (Å²) in [5.74, 6) is 0.0357. The molecule has 0 unspecified atom stereocenters. The van der Waals surface area contributed by atoms with Gasteiger partial charge in [-0.15, -0.1) is 0 Å². The van der Waals surface area contributed by atoms with Gasteiger partial charge < -0.3 is 19.8 Å². The van der Waals surface area contributed by atoms with Gasteiger partial charge in [0.15, 0.2) is 0 Å². The summed E-state index contributed by atoms with van der Waals surface area (Å²) in [6.45, 7) is 1.09. The summed E-state index contributed by atoms with van der Waals surface area (Å²) in [5, 5.41) is 5.10. The molecule has 9 nitrogen and oxygen atoms in total. The Kier molecular flexibility index (Phi) is 6.59. The molecule has 0 fully saturated rings. The maximum absolute atomic E-state index is 12.7. The predicted octanol–water partition coefficient (Wildman–Crippen LogP) is 1.18. The number of hydrogen-bond acceptors (Lipinski definition) is 6. The highest BCUT2D eigenvalue weighted by Crippen LogP contribution is 2.28. The molecule has 0 spiro atoms. The summed E-state index contributed by atoms with van der Waals surface area (Å²) < 4.78 is 36.6. The minimum Gasteiger partial charge on any atom is -0.495 e. The number of ether oxygens (including phenoxy) is 1. The summed E-state index contributed by atoms with van der Waals surface area (Å²) in [6, 6.07) is 7.45. The van der Waals surface area contributed by atoms with Crippen LogP contribution in [0.1, 0.15) is 12.7 Å². The van der Waals surface area contributed by atoms with Gasteiger partial charge in [-0.05, 0) is 30.3 Å². The number of carbonyl (C=O) groups is 2. The number of anilines is 1. The molecule has 146 valence electrons. The molecule has 10 heteroatoms. The lowest BCUT2D eigenvalue weighted by atomic mass is 10.3. The summed E-state index contributed by atoms with van der Waals surface area (Å²) in [5.41, 5.74) is 0.224. The van der Waals surface area contributed by atoms with Crippen molar-refractivity contribution in [1.29, 1.82) is 0 Å². The number of amides is 2. The van der Waals surface area contributed by atoms with E-state index in [4.69, 9.17) is 9.15 Å². The lowest BCUT2D eigenvalue weighted by Gasteiger charge is -2.18. The molecule has 0 aliphatic rings. The van der Waals surface area contributed by atoms with E-state index in [1.54, 1.807) is 12.1 Å². The first-order chi connectivity index (χ1) is 12.7. The van der Waals surface area contributed by atoms with Crippen molar-refractivity contribution < 1.29 is 27.2 Å². The second kappa shape index (κ2) is 8.69. The third-order valence-corrected chi connectivity index (χ3v) is 5.40. The summed E-state index contributed by atoms with van der Waals surface area (Å²) in [6.07, 6.45) is 1.48. The molecule has 2 rings (SSSR count). The molecule has 1 heterocycles. The number of hydrogen-bond donors (Lipinski definition) is 2. The van der Waals surface area contributed by atoms with Gasteiger partial charge in [0.1, 0.15) is 11.5 Å². The molecule has 0 atom stereocenters.